The zero-order valence-electron chi connectivity index (χ0n) is 9.74. The average Bonchev–Trinajstić information content (AvgIpc) is 2.59. The van der Waals surface area contributed by atoms with E-state index in [9.17, 15) is 18.0 Å². The highest BCUT2D eigenvalue weighted by Gasteiger charge is 2.40. The minimum absolute atomic E-state index is 0.0170. The second-order valence-electron chi connectivity index (χ2n) is 4.71. The molecule has 0 radical (unpaired) electrons. The molecular formula is C10H15NO6S. The van der Waals surface area contributed by atoms with Crippen LogP contribution in [0.2, 0.25) is 0 Å². The third-order valence-corrected chi connectivity index (χ3v) is 5.16. The van der Waals surface area contributed by atoms with Gasteiger partial charge in [0.1, 0.15) is 6.61 Å². The van der Waals surface area contributed by atoms with Gasteiger partial charge in [0.25, 0.3) is 0 Å². The van der Waals surface area contributed by atoms with Crippen molar-refractivity contribution in [1.82, 2.24) is 4.90 Å². The summed E-state index contributed by atoms with van der Waals surface area (Å²) in [6.45, 7) is -0.0390. The summed E-state index contributed by atoms with van der Waals surface area (Å²) in [7, 11) is -3.05. The van der Waals surface area contributed by atoms with E-state index >= 15 is 0 Å². The van der Waals surface area contributed by atoms with E-state index in [-0.39, 0.29) is 30.6 Å². The van der Waals surface area contributed by atoms with Crippen LogP contribution in [0.4, 0.5) is 4.79 Å². The SMILES string of the molecule is O=C(O)C1COC(=O)N1CC1CCCS(=O)(=O)C1. The van der Waals surface area contributed by atoms with E-state index in [2.05, 4.69) is 4.74 Å². The topological polar surface area (TPSA) is 101 Å². The lowest BCUT2D eigenvalue weighted by Gasteiger charge is -2.27. The standard InChI is InChI=1S/C10H15NO6S/c12-9(13)8-5-17-10(14)11(8)4-7-2-1-3-18(15,16)6-7/h7-8H,1-6H2,(H,12,13). The van der Waals surface area contributed by atoms with Crippen LogP contribution in [0.15, 0.2) is 0 Å². The van der Waals surface area contributed by atoms with Crippen molar-refractivity contribution in [1.29, 1.82) is 0 Å². The zero-order valence-corrected chi connectivity index (χ0v) is 10.6. The van der Waals surface area contributed by atoms with E-state index in [1.54, 1.807) is 0 Å². The molecule has 18 heavy (non-hydrogen) atoms. The first kappa shape index (κ1) is 13.1. The van der Waals surface area contributed by atoms with Gasteiger partial charge in [-0.3, -0.25) is 4.90 Å². The Bertz CT molecular complexity index is 459. The number of carbonyl (C=O) groups excluding carboxylic acids is 1. The molecule has 0 aromatic heterocycles. The Hall–Kier alpha value is -1.31. The van der Waals surface area contributed by atoms with Crippen molar-refractivity contribution < 1.29 is 27.9 Å². The number of aliphatic carboxylic acids is 1. The molecule has 102 valence electrons. The summed E-state index contributed by atoms with van der Waals surface area (Å²) >= 11 is 0. The normalized spacial score (nSPS) is 31.1. The summed E-state index contributed by atoms with van der Waals surface area (Å²) in [5.74, 6) is -1.13. The zero-order chi connectivity index (χ0) is 13.3. The summed E-state index contributed by atoms with van der Waals surface area (Å²) < 4.78 is 27.7. The van der Waals surface area contributed by atoms with Crippen molar-refractivity contribution in [2.75, 3.05) is 24.7 Å². The van der Waals surface area contributed by atoms with E-state index < -0.39 is 27.9 Å². The molecular weight excluding hydrogens is 262 g/mol. The van der Waals surface area contributed by atoms with E-state index in [4.69, 9.17) is 5.11 Å². The van der Waals surface area contributed by atoms with E-state index in [1.165, 1.54) is 0 Å². The highest BCUT2D eigenvalue weighted by Crippen LogP contribution is 2.22. The Morgan fingerprint density at radius 3 is 2.83 bits per heavy atom. The summed E-state index contributed by atoms with van der Waals surface area (Å²) in [5, 5.41) is 8.94. The number of hydrogen-bond donors (Lipinski definition) is 1. The predicted molar refractivity (Wildman–Crippen MR) is 60.9 cm³/mol. The molecule has 7 nitrogen and oxygen atoms in total. The maximum Gasteiger partial charge on any atom is 0.410 e. The fourth-order valence-electron chi connectivity index (χ4n) is 2.40. The largest absolute Gasteiger partial charge is 0.480 e. The minimum atomic E-state index is -3.05. The summed E-state index contributed by atoms with van der Waals surface area (Å²) in [6, 6.07) is -0.998. The number of carboxylic acid groups (broad SMARTS) is 1. The third-order valence-electron chi connectivity index (χ3n) is 3.27. The molecule has 8 heteroatoms. The Balaban J connectivity index is 2.03. The number of nitrogens with zero attached hydrogens (tertiary/aromatic N) is 1. The Morgan fingerprint density at radius 2 is 2.22 bits per heavy atom. The Morgan fingerprint density at radius 1 is 1.50 bits per heavy atom. The molecule has 2 unspecified atom stereocenters. The average molecular weight is 277 g/mol. The molecule has 2 saturated heterocycles. The molecule has 2 atom stereocenters. The number of amides is 1. The predicted octanol–water partition coefficient (Wildman–Crippen LogP) is -0.283. The smallest absolute Gasteiger partial charge is 0.410 e. The molecule has 2 heterocycles. The molecule has 0 aliphatic carbocycles. The first-order valence-electron chi connectivity index (χ1n) is 5.76. The molecule has 2 aliphatic heterocycles. The van der Waals surface area contributed by atoms with Crippen molar-refractivity contribution in [2.45, 2.75) is 18.9 Å². The van der Waals surface area contributed by atoms with Gasteiger partial charge in [0.2, 0.25) is 0 Å². The van der Waals surface area contributed by atoms with Gasteiger partial charge >= 0.3 is 12.1 Å². The van der Waals surface area contributed by atoms with Crippen LogP contribution in [0.25, 0.3) is 0 Å². The number of rotatable bonds is 3. The maximum atomic E-state index is 11.5. The van der Waals surface area contributed by atoms with Gasteiger partial charge in [-0.1, -0.05) is 0 Å². The van der Waals surface area contributed by atoms with Crippen LogP contribution in [0.3, 0.4) is 0 Å². The van der Waals surface area contributed by atoms with Crippen LogP contribution in [0.5, 0.6) is 0 Å². The van der Waals surface area contributed by atoms with Gasteiger partial charge in [-0.25, -0.2) is 18.0 Å². The lowest BCUT2D eigenvalue weighted by atomic mass is 10.0. The summed E-state index contributed by atoms with van der Waals surface area (Å²) in [6.07, 6.45) is 0.577. The monoisotopic (exact) mass is 277 g/mol. The second kappa shape index (κ2) is 4.75. The molecule has 0 aromatic rings. The molecule has 2 aliphatic rings. The fraction of sp³-hybridized carbons (Fsp3) is 0.800. The van der Waals surface area contributed by atoms with E-state index in [1.807, 2.05) is 0 Å². The number of carboxylic acids is 1. The van der Waals surface area contributed by atoms with E-state index in [0.717, 1.165) is 4.90 Å². The molecule has 2 rings (SSSR count). The summed E-state index contributed by atoms with van der Waals surface area (Å²) in [5.41, 5.74) is 0. The molecule has 0 aromatic carbocycles. The maximum absolute atomic E-state index is 11.5. The summed E-state index contributed by atoms with van der Waals surface area (Å²) in [4.78, 5) is 23.5. The van der Waals surface area contributed by atoms with Gasteiger partial charge in [0.15, 0.2) is 15.9 Å². The number of ether oxygens (including phenoxy) is 1. The van der Waals surface area contributed by atoms with Gasteiger partial charge in [-0.05, 0) is 18.8 Å². The van der Waals surface area contributed by atoms with Gasteiger partial charge in [-0.15, -0.1) is 0 Å². The van der Waals surface area contributed by atoms with Crippen LogP contribution >= 0.6 is 0 Å². The molecule has 0 spiro atoms. The lowest BCUT2D eigenvalue weighted by molar-refractivity contribution is -0.141. The van der Waals surface area contributed by atoms with Crippen molar-refractivity contribution in [3.8, 4) is 0 Å². The van der Waals surface area contributed by atoms with Crippen molar-refractivity contribution in [2.24, 2.45) is 5.92 Å². The minimum Gasteiger partial charge on any atom is -0.480 e. The van der Waals surface area contributed by atoms with Crippen LogP contribution in [0, 0.1) is 5.92 Å². The van der Waals surface area contributed by atoms with Crippen LogP contribution in [0.1, 0.15) is 12.8 Å². The number of sulfone groups is 1. The van der Waals surface area contributed by atoms with Gasteiger partial charge in [0.05, 0.1) is 11.5 Å². The van der Waals surface area contributed by atoms with Crippen LogP contribution in [-0.2, 0) is 19.4 Å². The first-order chi connectivity index (χ1) is 8.39. The molecule has 0 saturated carbocycles. The fourth-order valence-corrected chi connectivity index (χ4v) is 4.16. The highest BCUT2D eigenvalue weighted by molar-refractivity contribution is 7.91. The second-order valence-corrected chi connectivity index (χ2v) is 6.93. The van der Waals surface area contributed by atoms with Gasteiger partial charge < -0.3 is 9.84 Å². The first-order valence-corrected chi connectivity index (χ1v) is 7.58. The van der Waals surface area contributed by atoms with Crippen molar-refractivity contribution in [3.63, 3.8) is 0 Å². The number of hydrogen-bond acceptors (Lipinski definition) is 5. The van der Waals surface area contributed by atoms with Gasteiger partial charge in [0, 0.05) is 6.54 Å². The number of carbonyl (C=O) groups is 2. The lowest BCUT2D eigenvalue weighted by Crippen LogP contribution is -2.44. The number of cyclic esters (lactones) is 1. The molecule has 1 N–H and O–H groups in total. The molecule has 0 bridgehead atoms. The van der Waals surface area contributed by atoms with Crippen molar-refractivity contribution in [3.05, 3.63) is 0 Å². The quantitative estimate of drug-likeness (QED) is 0.761. The molecule has 2 fully saturated rings. The Kier molecular flexibility index (Phi) is 3.47. The molecule has 1 amide bonds. The Labute approximate surface area is 105 Å². The van der Waals surface area contributed by atoms with E-state index in [0.29, 0.717) is 12.8 Å². The third kappa shape index (κ3) is 2.74. The van der Waals surface area contributed by atoms with Crippen LogP contribution in [-0.4, -0.2) is 61.2 Å². The van der Waals surface area contributed by atoms with Crippen LogP contribution < -0.4 is 0 Å². The van der Waals surface area contributed by atoms with Crippen molar-refractivity contribution >= 4 is 21.9 Å². The van der Waals surface area contributed by atoms with Gasteiger partial charge in [-0.2, -0.15) is 0 Å². The highest BCUT2D eigenvalue weighted by atomic mass is 32.2.